The number of carbonyl (C=O) groups is 1. The number of quaternary nitrogens is 1. The van der Waals surface area contributed by atoms with Gasteiger partial charge in [-0.05, 0) is 57.8 Å². The minimum absolute atomic E-state index is 0.00668. The van der Waals surface area contributed by atoms with Crippen molar-refractivity contribution in [1.29, 1.82) is 0 Å². The van der Waals surface area contributed by atoms with Crippen LogP contribution in [0.3, 0.4) is 0 Å². The van der Waals surface area contributed by atoms with Crippen molar-refractivity contribution in [3.8, 4) is 0 Å². The van der Waals surface area contributed by atoms with Crippen LogP contribution >= 0.6 is 7.82 Å². The summed E-state index contributed by atoms with van der Waals surface area (Å²) in [6, 6.07) is -0.905. The molecule has 396 valence electrons. The van der Waals surface area contributed by atoms with Gasteiger partial charge >= 0.3 is 0 Å². The molecule has 0 aliphatic heterocycles. The largest absolute Gasteiger partial charge is 0.756 e. The zero-order valence-electron chi connectivity index (χ0n) is 45.1. The molecule has 0 fully saturated rings. The molecule has 0 aromatic rings. The van der Waals surface area contributed by atoms with Crippen LogP contribution in [0.4, 0.5) is 0 Å². The van der Waals surface area contributed by atoms with Gasteiger partial charge in [-0.2, -0.15) is 0 Å². The predicted molar refractivity (Wildman–Crippen MR) is 288 cm³/mol. The normalized spacial score (nSPS) is 14.2. The van der Waals surface area contributed by atoms with Gasteiger partial charge in [0.05, 0.1) is 39.9 Å². The number of unbranched alkanes of at least 4 members (excludes halogenated alkanes) is 36. The average Bonchev–Trinajstić information content (AvgIpc) is 3.29. The van der Waals surface area contributed by atoms with Gasteiger partial charge in [0.15, 0.2) is 0 Å². The molecule has 9 heteroatoms. The Balaban J connectivity index is 4.21. The highest BCUT2D eigenvalue weighted by molar-refractivity contribution is 7.45. The molecule has 0 saturated carbocycles. The van der Waals surface area contributed by atoms with Gasteiger partial charge < -0.3 is 28.8 Å². The fraction of sp³-hybridized carbons (Fsp3) is 0.879. The van der Waals surface area contributed by atoms with E-state index in [1.165, 1.54) is 218 Å². The van der Waals surface area contributed by atoms with Gasteiger partial charge in [0.1, 0.15) is 13.2 Å². The first kappa shape index (κ1) is 65.7. The molecule has 3 atom stereocenters. The number of allylic oxidation sites excluding steroid dienone is 5. The molecular weight excluding hydrogens is 852 g/mol. The molecule has 8 nitrogen and oxygen atoms in total. The highest BCUT2D eigenvalue weighted by atomic mass is 31.2. The van der Waals surface area contributed by atoms with Crippen LogP contribution in [0, 0.1) is 0 Å². The van der Waals surface area contributed by atoms with Crippen molar-refractivity contribution in [3.63, 3.8) is 0 Å². The molecule has 0 rings (SSSR count). The lowest BCUT2D eigenvalue weighted by molar-refractivity contribution is -0.870. The number of phosphoric acid groups is 1. The van der Waals surface area contributed by atoms with Crippen molar-refractivity contribution in [2.75, 3.05) is 40.9 Å². The zero-order valence-corrected chi connectivity index (χ0v) is 46.0. The summed E-state index contributed by atoms with van der Waals surface area (Å²) in [6.45, 7) is 4.65. The number of aliphatic hydroxyl groups is 1. The molecule has 1 amide bonds. The SMILES string of the molecule is CCCCCCCC/C=C\CCCCCCCCCC(=O)NC(COP(=O)([O-])OCC[N+](C)(C)C)C(O)/C=C/CC/C=C/CCCCCCCCCCCCCCCCCCCCCCCC. The minimum Gasteiger partial charge on any atom is -0.756 e. The van der Waals surface area contributed by atoms with E-state index >= 15 is 0 Å². The Morgan fingerprint density at radius 3 is 1.21 bits per heavy atom. The summed E-state index contributed by atoms with van der Waals surface area (Å²) < 4.78 is 23.3. The first-order valence-electron chi connectivity index (χ1n) is 28.9. The third-order valence-corrected chi connectivity index (χ3v) is 14.0. The lowest BCUT2D eigenvalue weighted by Crippen LogP contribution is -2.45. The molecule has 2 N–H and O–H groups in total. The van der Waals surface area contributed by atoms with Crippen LogP contribution in [-0.2, 0) is 18.4 Å². The number of phosphoric ester groups is 1. The maximum absolute atomic E-state index is 12.9. The summed E-state index contributed by atoms with van der Waals surface area (Å²) >= 11 is 0. The van der Waals surface area contributed by atoms with E-state index < -0.39 is 26.6 Å². The van der Waals surface area contributed by atoms with Crippen LogP contribution in [0.15, 0.2) is 36.5 Å². The molecule has 0 heterocycles. The molecule has 0 radical (unpaired) electrons. The van der Waals surface area contributed by atoms with Crippen LogP contribution in [0.25, 0.3) is 0 Å². The van der Waals surface area contributed by atoms with Gasteiger partial charge in [0.2, 0.25) is 5.91 Å². The molecule has 0 aliphatic rings. The summed E-state index contributed by atoms with van der Waals surface area (Å²) in [4.78, 5) is 25.4. The van der Waals surface area contributed by atoms with Crippen molar-refractivity contribution >= 4 is 13.7 Å². The van der Waals surface area contributed by atoms with E-state index in [1.807, 2.05) is 27.2 Å². The van der Waals surface area contributed by atoms with Crippen molar-refractivity contribution in [2.24, 2.45) is 0 Å². The first-order valence-corrected chi connectivity index (χ1v) is 30.3. The summed E-state index contributed by atoms with van der Waals surface area (Å²) in [7, 11) is 1.25. The highest BCUT2D eigenvalue weighted by Crippen LogP contribution is 2.38. The van der Waals surface area contributed by atoms with Crippen LogP contribution in [0.5, 0.6) is 0 Å². The van der Waals surface area contributed by atoms with E-state index in [4.69, 9.17) is 9.05 Å². The summed E-state index contributed by atoms with van der Waals surface area (Å²) in [5, 5.41) is 13.9. The highest BCUT2D eigenvalue weighted by Gasteiger charge is 2.23. The van der Waals surface area contributed by atoms with E-state index in [-0.39, 0.29) is 12.5 Å². The standard InChI is InChI=1S/C58H113N2O6P/c1-6-8-10-12-14-16-18-20-22-24-25-26-27-28-29-30-31-32-33-34-36-37-39-41-43-45-47-49-51-57(61)56(55-66-67(63,64)65-54-53-60(3,4)5)59-58(62)52-50-48-46-44-42-40-38-35-23-21-19-17-15-13-11-9-7-2/h21,23,41,43,49,51,56-57,61H,6-20,22,24-40,42,44-48,50,52-55H2,1-5H3,(H-,59,62,63,64)/b23-21-,43-41+,51-49+. The number of carbonyl (C=O) groups excluding carboxylic acids is 1. The predicted octanol–water partition coefficient (Wildman–Crippen LogP) is 16.7. The molecule has 0 aromatic carbocycles. The third-order valence-electron chi connectivity index (χ3n) is 13.1. The second kappa shape index (κ2) is 49.7. The molecule has 67 heavy (non-hydrogen) atoms. The Morgan fingerprint density at radius 2 is 0.836 bits per heavy atom. The number of rotatable bonds is 53. The van der Waals surface area contributed by atoms with Crippen molar-refractivity contribution in [3.05, 3.63) is 36.5 Å². The Hall–Kier alpha value is -1.28. The van der Waals surface area contributed by atoms with Gasteiger partial charge in [-0.15, -0.1) is 0 Å². The fourth-order valence-electron chi connectivity index (χ4n) is 8.52. The quantitative estimate of drug-likeness (QED) is 0.0272. The van der Waals surface area contributed by atoms with Gasteiger partial charge in [0, 0.05) is 6.42 Å². The molecule has 0 aliphatic carbocycles. The number of nitrogens with zero attached hydrogens (tertiary/aromatic N) is 1. The molecule has 0 spiro atoms. The fourth-order valence-corrected chi connectivity index (χ4v) is 9.24. The number of hydrogen-bond acceptors (Lipinski definition) is 6. The van der Waals surface area contributed by atoms with Crippen molar-refractivity contribution in [1.82, 2.24) is 5.32 Å². The minimum atomic E-state index is -4.60. The number of nitrogens with one attached hydrogen (secondary N) is 1. The summed E-state index contributed by atoms with van der Waals surface area (Å²) in [5.41, 5.74) is 0. The van der Waals surface area contributed by atoms with E-state index in [0.29, 0.717) is 17.4 Å². The van der Waals surface area contributed by atoms with E-state index in [1.54, 1.807) is 6.08 Å². The number of likely N-dealkylation sites (N-methyl/N-ethyl adjacent to an activating group) is 1. The Kier molecular flexibility index (Phi) is 48.7. The molecule has 0 saturated heterocycles. The van der Waals surface area contributed by atoms with Crippen LogP contribution in [0.1, 0.15) is 277 Å². The summed E-state index contributed by atoms with van der Waals surface area (Å²) in [5.74, 6) is -0.209. The number of hydrogen-bond donors (Lipinski definition) is 2. The van der Waals surface area contributed by atoms with E-state index in [2.05, 4.69) is 43.5 Å². The van der Waals surface area contributed by atoms with Crippen LogP contribution in [-0.4, -0.2) is 68.5 Å². The van der Waals surface area contributed by atoms with Gasteiger partial charge in [-0.25, -0.2) is 0 Å². The lowest BCUT2D eigenvalue weighted by atomic mass is 10.0. The number of amides is 1. The number of aliphatic hydroxyl groups excluding tert-OH is 1. The smallest absolute Gasteiger partial charge is 0.268 e. The Bertz CT molecular complexity index is 1190. The van der Waals surface area contributed by atoms with E-state index in [0.717, 1.165) is 38.5 Å². The van der Waals surface area contributed by atoms with Crippen molar-refractivity contribution in [2.45, 2.75) is 289 Å². The summed E-state index contributed by atoms with van der Waals surface area (Å²) in [6.07, 6.45) is 63.7. The molecule has 0 bridgehead atoms. The topological polar surface area (TPSA) is 108 Å². The van der Waals surface area contributed by atoms with Gasteiger partial charge in [0.25, 0.3) is 7.82 Å². The van der Waals surface area contributed by atoms with Gasteiger partial charge in [-0.3, -0.25) is 9.36 Å². The molecule has 3 unspecified atom stereocenters. The zero-order chi connectivity index (χ0) is 49.2. The Morgan fingerprint density at radius 1 is 0.507 bits per heavy atom. The third kappa shape index (κ3) is 52.4. The Labute approximate surface area is 417 Å². The second-order valence-electron chi connectivity index (χ2n) is 21.0. The second-order valence-corrected chi connectivity index (χ2v) is 22.4. The maximum atomic E-state index is 12.9. The molecule has 0 aromatic heterocycles. The van der Waals surface area contributed by atoms with E-state index in [9.17, 15) is 19.4 Å². The van der Waals surface area contributed by atoms with Crippen LogP contribution in [0.2, 0.25) is 0 Å². The average molecular weight is 966 g/mol. The van der Waals surface area contributed by atoms with Crippen molar-refractivity contribution < 1.29 is 32.9 Å². The first-order chi connectivity index (χ1) is 32.5. The monoisotopic (exact) mass is 965 g/mol. The maximum Gasteiger partial charge on any atom is 0.268 e. The van der Waals surface area contributed by atoms with Gasteiger partial charge in [-0.1, -0.05) is 249 Å². The molecular formula is C58H113N2O6P. The van der Waals surface area contributed by atoms with Crippen LogP contribution < -0.4 is 10.2 Å². The lowest BCUT2D eigenvalue weighted by Gasteiger charge is -2.29.